The van der Waals surface area contributed by atoms with Crippen molar-refractivity contribution in [3.63, 3.8) is 0 Å². The summed E-state index contributed by atoms with van der Waals surface area (Å²) in [4.78, 5) is 22.0. The monoisotopic (exact) mass is 494 g/mol. The summed E-state index contributed by atoms with van der Waals surface area (Å²) in [7, 11) is 0. The van der Waals surface area contributed by atoms with E-state index in [0.29, 0.717) is 6.42 Å². The van der Waals surface area contributed by atoms with Crippen LogP contribution in [-0.4, -0.2) is 35.1 Å². The molecule has 37 heavy (non-hydrogen) atoms. The molecule has 2 aliphatic rings. The zero-order valence-electron chi connectivity index (χ0n) is 21.6. The molecule has 3 heterocycles. The third kappa shape index (κ3) is 5.65. The Kier molecular flexibility index (Phi) is 7.47. The Balaban J connectivity index is 1.38. The summed E-state index contributed by atoms with van der Waals surface area (Å²) in [6, 6.07) is 14.6. The van der Waals surface area contributed by atoms with Crippen molar-refractivity contribution >= 4 is 33.7 Å². The molecule has 190 valence electrons. The second kappa shape index (κ2) is 11.1. The van der Waals surface area contributed by atoms with Crippen LogP contribution in [0.3, 0.4) is 0 Å². The average molecular weight is 495 g/mol. The maximum Gasteiger partial charge on any atom is 0.309 e. The second-order valence-electron chi connectivity index (χ2n) is 9.90. The lowest BCUT2D eigenvalue weighted by molar-refractivity contribution is -0.153. The Hall–Kier alpha value is -3.77. The Morgan fingerprint density at radius 1 is 1.22 bits per heavy atom. The topological polar surface area (TPSA) is 76.1 Å². The SMILES string of the molecule is C=CN/C(=C(\C)c1ccc2ncc(C3=CCC(C(=O)O[C@@H]4CCNC4)CC3)cc2c1)c1cccc(C)n1. The minimum absolute atomic E-state index is 0.0261. The number of benzene rings is 1. The summed E-state index contributed by atoms with van der Waals surface area (Å²) in [5.41, 5.74) is 8.28. The first-order valence-corrected chi connectivity index (χ1v) is 13.0. The zero-order valence-corrected chi connectivity index (χ0v) is 21.6. The summed E-state index contributed by atoms with van der Waals surface area (Å²) in [5.74, 6) is -0.109. The molecule has 1 aromatic carbocycles. The molecule has 0 saturated carbocycles. The van der Waals surface area contributed by atoms with Gasteiger partial charge >= 0.3 is 5.97 Å². The lowest BCUT2D eigenvalue weighted by Gasteiger charge is -2.22. The molecule has 6 heteroatoms. The van der Waals surface area contributed by atoms with Crippen LogP contribution in [0, 0.1) is 12.8 Å². The second-order valence-corrected chi connectivity index (χ2v) is 9.90. The van der Waals surface area contributed by atoms with Crippen molar-refractivity contribution in [2.75, 3.05) is 13.1 Å². The van der Waals surface area contributed by atoms with Crippen molar-refractivity contribution in [3.8, 4) is 0 Å². The highest BCUT2D eigenvalue weighted by Crippen LogP contribution is 2.33. The van der Waals surface area contributed by atoms with E-state index in [-0.39, 0.29) is 18.0 Å². The third-order valence-corrected chi connectivity index (χ3v) is 7.29. The highest BCUT2D eigenvalue weighted by atomic mass is 16.5. The van der Waals surface area contributed by atoms with Crippen LogP contribution in [-0.2, 0) is 9.53 Å². The van der Waals surface area contributed by atoms with Crippen LogP contribution in [0.1, 0.15) is 55.1 Å². The number of carbonyl (C=O) groups excluding carboxylic acids is 1. The summed E-state index contributed by atoms with van der Waals surface area (Å²) in [5, 5.41) is 7.62. The van der Waals surface area contributed by atoms with Crippen molar-refractivity contribution in [2.45, 2.75) is 45.6 Å². The fraction of sp³-hybridized carbons (Fsp3) is 0.323. The minimum Gasteiger partial charge on any atom is -0.461 e. The number of esters is 1. The summed E-state index contributed by atoms with van der Waals surface area (Å²) in [6.07, 6.45) is 9.13. The molecule has 0 spiro atoms. The number of nitrogens with one attached hydrogen (secondary N) is 2. The first kappa shape index (κ1) is 24.9. The molecule has 1 saturated heterocycles. The minimum atomic E-state index is -0.0559. The van der Waals surface area contributed by atoms with E-state index < -0.39 is 0 Å². The van der Waals surface area contributed by atoms with Crippen LogP contribution < -0.4 is 10.6 Å². The van der Waals surface area contributed by atoms with Gasteiger partial charge in [-0.15, -0.1) is 0 Å². The van der Waals surface area contributed by atoms with Crippen LogP contribution in [0.15, 0.2) is 67.5 Å². The van der Waals surface area contributed by atoms with E-state index in [2.05, 4.69) is 54.5 Å². The van der Waals surface area contributed by atoms with Crippen molar-refractivity contribution in [3.05, 3.63) is 90.0 Å². The van der Waals surface area contributed by atoms with E-state index in [1.165, 1.54) is 5.57 Å². The van der Waals surface area contributed by atoms with Crippen molar-refractivity contribution in [1.29, 1.82) is 0 Å². The molecule has 0 bridgehead atoms. The molecule has 2 atom stereocenters. The van der Waals surface area contributed by atoms with Crippen molar-refractivity contribution in [1.82, 2.24) is 20.6 Å². The summed E-state index contributed by atoms with van der Waals surface area (Å²) < 4.78 is 5.70. The molecule has 1 fully saturated rings. The highest BCUT2D eigenvalue weighted by molar-refractivity contribution is 5.92. The molecule has 5 rings (SSSR count). The van der Waals surface area contributed by atoms with Gasteiger partial charge < -0.3 is 15.4 Å². The molecule has 1 aliphatic carbocycles. The maximum absolute atomic E-state index is 12.6. The highest BCUT2D eigenvalue weighted by Gasteiger charge is 2.27. The van der Waals surface area contributed by atoms with E-state index in [1.807, 2.05) is 31.3 Å². The first-order chi connectivity index (χ1) is 18.0. The van der Waals surface area contributed by atoms with Gasteiger partial charge in [0.2, 0.25) is 0 Å². The third-order valence-electron chi connectivity index (χ3n) is 7.29. The Bertz CT molecular complexity index is 1380. The van der Waals surface area contributed by atoms with E-state index in [0.717, 1.165) is 77.0 Å². The average Bonchev–Trinajstić information content (AvgIpc) is 3.44. The predicted molar refractivity (Wildman–Crippen MR) is 149 cm³/mol. The molecule has 2 N–H and O–H groups in total. The molecule has 6 nitrogen and oxygen atoms in total. The Morgan fingerprint density at radius 3 is 2.84 bits per heavy atom. The molecule has 1 unspecified atom stereocenters. The number of nitrogens with zero attached hydrogens (tertiary/aromatic N) is 2. The quantitative estimate of drug-likeness (QED) is 0.414. The molecule has 1 aliphatic heterocycles. The van der Waals surface area contributed by atoms with E-state index in [9.17, 15) is 4.79 Å². The number of fused-ring (bicyclic) bond motifs is 1. The van der Waals surface area contributed by atoms with Crippen molar-refractivity contribution in [2.24, 2.45) is 5.92 Å². The number of pyridine rings is 2. The number of aromatic nitrogens is 2. The molecule has 0 amide bonds. The van der Waals surface area contributed by atoms with Gasteiger partial charge in [0.25, 0.3) is 0 Å². The van der Waals surface area contributed by atoms with E-state index in [1.54, 1.807) is 6.20 Å². The lowest BCUT2D eigenvalue weighted by Crippen LogP contribution is -2.26. The molecular weight excluding hydrogens is 460 g/mol. The largest absolute Gasteiger partial charge is 0.461 e. The van der Waals surface area contributed by atoms with Crippen LogP contribution in [0.4, 0.5) is 0 Å². The van der Waals surface area contributed by atoms with E-state index in [4.69, 9.17) is 14.7 Å². The van der Waals surface area contributed by atoms with Gasteiger partial charge in [-0.3, -0.25) is 14.8 Å². The maximum atomic E-state index is 12.6. The molecule has 3 aromatic rings. The van der Waals surface area contributed by atoms with Gasteiger partial charge in [0.05, 0.1) is 22.8 Å². The predicted octanol–water partition coefficient (Wildman–Crippen LogP) is 5.65. The fourth-order valence-corrected chi connectivity index (χ4v) is 5.14. The number of hydrogen-bond donors (Lipinski definition) is 2. The van der Waals surface area contributed by atoms with Gasteiger partial charge in [0, 0.05) is 23.8 Å². The number of allylic oxidation sites excluding steroid dienone is 3. The normalized spacial score (nSPS) is 20.2. The number of aryl methyl sites for hydroxylation is 1. The van der Waals surface area contributed by atoms with Crippen LogP contribution in [0.25, 0.3) is 27.7 Å². The number of carbonyl (C=O) groups is 1. The molecular formula is C31H34N4O2. The van der Waals surface area contributed by atoms with Gasteiger partial charge in [0.1, 0.15) is 6.10 Å². The smallest absolute Gasteiger partial charge is 0.309 e. The van der Waals surface area contributed by atoms with Crippen molar-refractivity contribution < 1.29 is 9.53 Å². The fourth-order valence-electron chi connectivity index (χ4n) is 5.14. The zero-order chi connectivity index (χ0) is 25.8. The van der Waals surface area contributed by atoms with Crippen LogP contribution >= 0.6 is 0 Å². The number of hydrogen-bond acceptors (Lipinski definition) is 6. The van der Waals surface area contributed by atoms with E-state index >= 15 is 0 Å². The lowest BCUT2D eigenvalue weighted by atomic mass is 9.86. The standard InChI is InChI=1S/C31H34N4O2/c1-4-33-30(29-7-5-6-20(2)35-29)21(3)24-12-13-28-25(16-24)17-26(18-34-28)22-8-10-23(11-9-22)31(36)37-27-14-15-32-19-27/h4-8,12-13,16-18,23,27,32-33H,1,9-11,14-15,19H2,2-3H3/b30-21+/t23?,27-/m1/s1. The molecule has 0 radical (unpaired) electrons. The van der Waals surface area contributed by atoms with Crippen LogP contribution in [0.2, 0.25) is 0 Å². The first-order valence-electron chi connectivity index (χ1n) is 13.0. The number of rotatable bonds is 7. The Morgan fingerprint density at radius 2 is 2.11 bits per heavy atom. The number of ether oxygens (including phenoxy) is 1. The van der Waals surface area contributed by atoms with Gasteiger partial charge in [-0.2, -0.15) is 0 Å². The summed E-state index contributed by atoms with van der Waals surface area (Å²) >= 11 is 0. The van der Waals surface area contributed by atoms with Gasteiger partial charge in [-0.25, -0.2) is 0 Å². The molecule has 2 aromatic heterocycles. The van der Waals surface area contributed by atoms with Gasteiger partial charge in [-0.1, -0.05) is 24.8 Å². The van der Waals surface area contributed by atoms with Gasteiger partial charge in [0.15, 0.2) is 0 Å². The van der Waals surface area contributed by atoms with Gasteiger partial charge in [-0.05, 0) is 105 Å². The van der Waals surface area contributed by atoms with Crippen LogP contribution in [0.5, 0.6) is 0 Å². The summed E-state index contributed by atoms with van der Waals surface area (Å²) in [6.45, 7) is 9.64. The Labute approximate surface area is 218 Å².